The number of para-hydroxylation sites is 1. The van der Waals surface area contributed by atoms with Crippen LogP contribution in [0.3, 0.4) is 0 Å². The predicted octanol–water partition coefficient (Wildman–Crippen LogP) is 2.99. The highest BCUT2D eigenvalue weighted by atomic mass is 16.2. The maximum absolute atomic E-state index is 8.87. The first-order chi connectivity index (χ1) is 8.31. The van der Waals surface area contributed by atoms with Crippen LogP contribution in [0.2, 0.25) is 0 Å². The van der Waals surface area contributed by atoms with Gasteiger partial charge in [0.15, 0.2) is 0 Å². The van der Waals surface area contributed by atoms with Gasteiger partial charge >= 0.3 is 0 Å². The second-order valence-electron chi connectivity index (χ2n) is 4.03. The van der Waals surface area contributed by atoms with Gasteiger partial charge < -0.3 is 10.0 Å². The lowest BCUT2D eigenvalue weighted by Crippen LogP contribution is -2.09. The summed E-state index contributed by atoms with van der Waals surface area (Å²) in [7, 11) is 2.05. The molecule has 2 aromatic rings. The van der Waals surface area contributed by atoms with Crippen LogP contribution < -0.4 is 4.90 Å². The molecule has 88 valence electrons. The highest BCUT2D eigenvalue weighted by molar-refractivity contribution is 5.62. The molecule has 2 aromatic carbocycles. The monoisotopic (exact) mass is 227 g/mol. The van der Waals surface area contributed by atoms with Crippen LogP contribution in [0.25, 0.3) is 0 Å². The maximum Gasteiger partial charge on any atom is 0.0471 e. The van der Waals surface area contributed by atoms with Gasteiger partial charge in [-0.25, -0.2) is 0 Å². The SMILES string of the molecule is CN(c1ccccc1)c1ccc(CCO)cc1. The quantitative estimate of drug-likeness (QED) is 0.868. The van der Waals surface area contributed by atoms with Crippen LogP contribution in [-0.4, -0.2) is 18.8 Å². The molecule has 0 fully saturated rings. The average Bonchev–Trinajstić information content (AvgIpc) is 2.40. The van der Waals surface area contributed by atoms with E-state index in [-0.39, 0.29) is 6.61 Å². The Bertz CT molecular complexity index is 450. The van der Waals surface area contributed by atoms with Crippen LogP contribution in [-0.2, 0) is 6.42 Å². The predicted molar refractivity (Wildman–Crippen MR) is 71.7 cm³/mol. The number of nitrogens with zero attached hydrogens (tertiary/aromatic N) is 1. The number of hydrogen-bond acceptors (Lipinski definition) is 2. The lowest BCUT2D eigenvalue weighted by molar-refractivity contribution is 0.299. The largest absolute Gasteiger partial charge is 0.396 e. The molecule has 0 saturated carbocycles. The van der Waals surface area contributed by atoms with E-state index in [9.17, 15) is 0 Å². The van der Waals surface area contributed by atoms with E-state index in [0.717, 1.165) is 17.7 Å². The zero-order chi connectivity index (χ0) is 12.1. The first-order valence-corrected chi connectivity index (χ1v) is 5.80. The standard InChI is InChI=1S/C15H17NO/c1-16(14-5-3-2-4-6-14)15-9-7-13(8-10-15)11-12-17/h2-10,17H,11-12H2,1H3. The molecule has 0 aliphatic carbocycles. The molecule has 17 heavy (non-hydrogen) atoms. The van der Waals surface area contributed by atoms with E-state index >= 15 is 0 Å². The van der Waals surface area contributed by atoms with Gasteiger partial charge in [0.25, 0.3) is 0 Å². The van der Waals surface area contributed by atoms with Crippen LogP contribution in [0.15, 0.2) is 54.6 Å². The third kappa shape index (κ3) is 2.86. The van der Waals surface area contributed by atoms with Gasteiger partial charge in [0.1, 0.15) is 0 Å². The highest BCUT2D eigenvalue weighted by Crippen LogP contribution is 2.23. The van der Waals surface area contributed by atoms with E-state index in [1.165, 1.54) is 5.69 Å². The summed E-state index contributed by atoms with van der Waals surface area (Å²) in [4.78, 5) is 2.14. The Morgan fingerprint density at radius 3 is 2.06 bits per heavy atom. The van der Waals surface area contributed by atoms with E-state index in [1.807, 2.05) is 18.2 Å². The van der Waals surface area contributed by atoms with E-state index < -0.39 is 0 Å². The van der Waals surface area contributed by atoms with Crippen molar-refractivity contribution in [3.05, 3.63) is 60.2 Å². The van der Waals surface area contributed by atoms with Gasteiger partial charge in [0, 0.05) is 25.0 Å². The van der Waals surface area contributed by atoms with Crippen molar-refractivity contribution in [3.63, 3.8) is 0 Å². The molecule has 0 unspecified atom stereocenters. The smallest absolute Gasteiger partial charge is 0.0471 e. The summed E-state index contributed by atoms with van der Waals surface area (Å²) in [6, 6.07) is 18.5. The van der Waals surface area contributed by atoms with Crippen LogP contribution in [0.5, 0.6) is 0 Å². The summed E-state index contributed by atoms with van der Waals surface area (Å²) >= 11 is 0. The fraction of sp³-hybridized carbons (Fsp3) is 0.200. The Hall–Kier alpha value is -1.80. The van der Waals surface area contributed by atoms with Crippen molar-refractivity contribution >= 4 is 11.4 Å². The summed E-state index contributed by atoms with van der Waals surface area (Å²) in [5.41, 5.74) is 3.48. The Balaban J connectivity index is 2.17. The minimum absolute atomic E-state index is 0.202. The molecule has 0 bridgehead atoms. The van der Waals surface area contributed by atoms with Crippen molar-refractivity contribution in [3.8, 4) is 0 Å². The summed E-state index contributed by atoms with van der Waals surface area (Å²) in [5, 5.41) is 8.87. The van der Waals surface area contributed by atoms with Crippen LogP contribution >= 0.6 is 0 Å². The minimum atomic E-state index is 0.202. The molecule has 1 N–H and O–H groups in total. The fourth-order valence-corrected chi connectivity index (χ4v) is 1.82. The maximum atomic E-state index is 8.87. The van der Waals surface area contributed by atoms with E-state index in [0.29, 0.717) is 0 Å². The van der Waals surface area contributed by atoms with E-state index in [2.05, 4.69) is 48.3 Å². The lowest BCUT2D eigenvalue weighted by atomic mass is 10.1. The number of benzene rings is 2. The van der Waals surface area contributed by atoms with Crippen molar-refractivity contribution in [1.82, 2.24) is 0 Å². The molecule has 2 heteroatoms. The van der Waals surface area contributed by atoms with Crippen molar-refractivity contribution < 1.29 is 5.11 Å². The Kier molecular flexibility index (Phi) is 3.78. The molecule has 2 rings (SSSR count). The lowest BCUT2D eigenvalue weighted by Gasteiger charge is -2.19. The second kappa shape index (κ2) is 5.51. The zero-order valence-electron chi connectivity index (χ0n) is 10.0. The topological polar surface area (TPSA) is 23.5 Å². The van der Waals surface area contributed by atoms with Gasteiger partial charge in [-0.05, 0) is 36.2 Å². The first kappa shape index (κ1) is 11.7. The zero-order valence-corrected chi connectivity index (χ0v) is 10.0. The molecule has 0 saturated heterocycles. The van der Waals surface area contributed by atoms with Crippen molar-refractivity contribution in [1.29, 1.82) is 0 Å². The number of aliphatic hydroxyl groups is 1. The number of anilines is 2. The number of hydrogen-bond donors (Lipinski definition) is 1. The van der Waals surface area contributed by atoms with Gasteiger partial charge in [-0.3, -0.25) is 0 Å². The summed E-state index contributed by atoms with van der Waals surface area (Å²) in [5.74, 6) is 0. The molecule has 0 aliphatic heterocycles. The minimum Gasteiger partial charge on any atom is -0.396 e. The molecular weight excluding hydrogens is 210 g/mol. The molecule has 0 aliphatic rings. The van der Waals surface area contributed by atoms with Crippen molar-refractivity contribution in [2.24, 2.45) is 0 Å². The average molecular weight is 227 g/mol. The van der Waals surface area contributed by atoms with Gasteiger partial charge in [0.2, 0.25) is 0 Å². The molecule has 0 atom stereocenters. The number of rotatable bonds is 4. The Labute approximate surface area is 102 Å². The molecule has 0 aromatic heterocycles. The molecule has 2 nitrogen and oxygen atoms in total. The summed E-state index contributed by atoms with van der Waals surface area (Å²) in [6.45, 7) is 0.202. The van der Waals surface area contributed by atoms with Gasteiger partial charge in [-0.2, -0.15) is 0 Å². The van der Waals surface area contributed by atoms with Crippen molar-refractivity contribution in [2.75, 3.05) is 18.6 Å². The molecule has 0 radical (unpaired) electrons. The molecular formula is C15H17NO. The second-order valence-corrected chi connectivity index (χ2v) is 4.03. The van der Waals surface area contributed by atoms with E-state index in [4.69, 9.17) is 5.11 Å². The Morgan fingerprint density at radius 2 is 1.47 bits per heavy atom. The fourth-order valence-electron chi connectivity index (χ4n) is 1.82. The van der Waals surface area contributed by atoms with Crippen LogP contribution in [0, 0.1) is 0 Å². The first-order valence-electron chi connectivity index (χ1n) is 5.80. The van der Waals surface area contributed by atoms with Gasteiger partial charge in [0.05, 0.1) is 0 Å². The van der Waals surface area contributed by atoms with E-state index in [1.54, 1.807) is 0 Å². The van der Waals surface area contributed by atoms with Crippen LogP contribution in [0.1, 0.15) is 5.56 Å². The number of aliphatic hydroxyl groups excluding tert-OH is 1. The molecule has 0 heterocycles. The summed E-state index contributed by atoms with van der Waals surface area (Å²) < 4.78 is 0. The molecule has 0 spiro atoms. The van der Waals surface area contributed by atoms with Gasteiger partial charge in [-0.15, -0.1) is 0 Å². The highest BCUT2D eigenvalue weighted by Gasteiger charge is 2.02. The van der Waals surface area contributed by atoms with Crippen LogP contribution in [0.4, 0.5) is 11.4 Å². The molecule has 0 amide bonds. The normalized spacial score (nSPS) is 10.2. The van der Waals surface area contributed by atoms with Gasteiger partial charge in [-0.1, -0.05) is 30.3 Å². The Morgan fingerprint density at radius 1 is 0.882 bits per heavy atom. The third-order valence-electron chi connectivity index (χ3n) is 2.87. The van der Waals surface area contributed by atoms with Crippen molar-refractivity contribution in [2.45, 2.75) is 6.42 Å². The summed E-state index contributed by atoms with van der Waals surface area (Å²) in [6.07, 6.45) is 0.718. The third-order valence-corrected chi connectivity index (χ3v) is 2.87.